The Bertz CT molecular complexity index is 1600. The van der Waals surface area contributed by atoms with Crippen molar-refractivity contribution >= 4 is 35.0 Å². The van der Waals surface area contributed by atoms with Crippen LogP contribution in [0.5, 0.6) is 5.75 Å². The molecule has 0 fully saturated rings. The Kier molecular flexibility index (Phi) is 7.84. The SMILES string of the molecule is CCC(C)C1(c2cccc(C3(C(C)CC)C=C(c4ccccc4[N+](=O)[O-])C=N3)c2O)C=C(c2ccccc2[N+](=O)[O-])C=N1. The predicted octanol–water partition coefficient (Wildman–Crippen LogP) is 8.03. The van der Waals surface area contributed by atoms with E-state index in [1.165, 1.54) is 12.1 Å². The highest BCUT2D eigenvalue weighted by molar-refractivity contribution is 6.14. The third-order valence-corrected chi connectivity index (χ3v) is 9.04. The molecule has 4 atom stereocenters. The molecule has 0 aliphatic carbocycles. The average Bonchev–Trinajstić information content (AvgIpc) is 3.67. The van der Waals surface area contributed by atoms with Crippen LogP contribution in [-0.2, 0) is 11.1 Å². The van der Waals surface area contributed by atoms with Crippen LogP contribution in [0.1, 0.15) is 62.8 Å². The van der Waals surface area contributed by atoms with Crippen molar-refractivity contribution in [2.75, 3.05) is 0 Å². The molecule has 2 aliphatic heterocycles. The Morgan fingerprint density at radius 3 is 1.47 bits per heavy atom. The number of hydrogen-bond acceptors (Lipinski definition) is 7. The Labute approximate surface area is 250 Å². The number of aliphatic imine (C=N–C) groups is 2. The summed E-state index contributed by atoms with van der Waals surface area (Å²) in [5.74, 6) is -0.0812. The third-order valence-electron chi connectivity index (χ3n) is 9.04. The number of aromatic hydroxyl groups is 1. The first-order chi connectivity index (χ1) is 20.6. The van der Waals surface area contributed by atoms with E-state index in [0.29, 0.717) is 33.4 Å². The Hall–Kier alpha value is -4.92. The van der Waals surface area contributed by atoms with Gasteiger partial charge in [-0.05, 0) is 36.1 Å². The molecule has 220 valence electrons. The summed E-state index contributed by atoms with van der Waals surface area (Å²) in [5, 5.41) is 35.7. The van der Waals surface area contributed by atoms with Gasteiger partial charge in [0.25, 0.3) is 11.4 Å². The lowest BCUT2D eigenvalue weighted by molar-refractivity contribution is -0.385. The van der Waals surface area contributed by atoms with Crippen LogP contribution >= 0.6 is 0 Å². The second-order valence-electron chi connectivity index (χ2n) is 11.2. The van der Waals surface area contributed by atoms with Crippen molar-refractivity contribution < 1.29 is 15.0 Å². The molecule has 1 N–H and O–H groups in total. The monoisotopic (exact) mass is 578 g/mol. The fourth-order valence-electron chi connectivity index (χ4n) is 6.20. The van der Waals surface area contributed by atoms with E-state index in [1.807, 2.05) is 58.0 Å². The minimum atomic E-state index is -0.975. The molecule has 5 rings (SSSR count). The first kappa shape index (κ1) is 29.6. The summed E-state index contributed by atoms with van der Waals surface area (Å²) in [6.45, 7) is 8.19. The Morgan fingerprint density at radius 1 is 0.698 bits per heavy atom. The van der Waals surface area contributed by atoms with E-state index in [2.05, 4.69) is 0 Å². The van der Waals surface area contributed by atoms with E-state index in [-0.39, 0.29) is 29.0 Å². The van der Waals surface area contributed by atoms with Crippen molar-refractivity contribution in [3.8, 4) is 5.75 Å². The normalized spacial score (nSPS) is 22.2. The molecule has 0 spiro atoms. The second-order valence-corrected chi connectivity index (χ2v) is 11.2. The van der Waals surface area contributed by atoms with Crippen molar-refractivity contribution in [2.45, 2.75) is 51.6 Å². The van der Waals surface area contributed by atoms with Gasteiger partial charge < -0.3 is 5.11 Å². The number of benzene rings is 3. The van der Waals surface area contributed by atoms with E-state index in [9.17, 15) is 25.3 Å². The van der Waals surface area contributed by atoms with Gasteiger partial charge in [0.1, 0.15) is 16.8 Å². The minimum absolute atomic E-state index is 0.0122. The fourth-order valence-corrected chi connectivity index (χ4v) is 6.20. The van der Waals surface area contributed by atoms with Crippen molar-refractivity contribution in [1.82, 2.24) is 0 Å². The maximum atomic E-state index is 12.1. The number of para-hydroxylation sites is 3. The predicted molar refractivity (Wildman–Crippen MR) is 170 cm³/mol. The third kappa shape index (κ3) is 4.84. The van der Waals surface area contributed by atoms with Crippen LogP contribution in [0, 0.1) is 32.1 Å². The summed E-state index contributed by atoms with van der Waals surface area (Å²) in [7, 11) is 0. The van der Waals surface area contributed by atoms with Gasteiger partial charge in [0.15, 0.2) is 0 Å². The van der Waals surface area contributed by atoms with E-state index < -0.39 is 20.9 Å². The highest BCUT2D eigenvalue weighted by Crippen LogP contribution is 2.52. The summed E-state index contributed by atoms with van der Waals surface area (Å²) < 4.78 is 0. The zero-order valence-corrected chi connectivity index (χ0v) is 24.6. The molecule has 9 nitrogen and oxygen atoms in total. The van der Waals surface area contributed by atoms with Gasteiger partial charge in [-0.15, -0.1) is 0 Å². The van der Waals surface area contributed by atoms with Crippen molar-refractivity contribution in [2.24, 2.45) is 21.8 Å². The van der Waals surface area contributed by atoms with Crippen LogP contribution in [0.2, 0.25) is 0 Å². The maximum Gasteiger partial charge on any atom is 0.277 e. The minimum Gasteiger partial charge on any atom is -0.507 e. The molecule has 3 aromatic carbocycles. The molecule has 3 aromatic rings. The standard InChI is InChI=1S/C34H34N4O5/c1-5-22(3)33(18-24(20-35-33)26-12-7-9-16-30(26)37(40)41)28-14-11-15-29(32(28)39)34(23(4)6-2)19-25(21-36-34)27-13-8-10-17-31(27)38(42)43/h7-23,39H,5-6H2,1-4H3. The Balaban J connectivity index is 1.69. The van der Waals surface area contributed by atoms with E-state index in [4.69, 9.17) is 9.98 Å². The largest absolute Gasteiger partial charge is 0.507 e. The molecule has 43 heavy (non-hydrogen) atoms. The molecule has 0 amide bonds. The molecule has 0 radical (unpaired) electrons. The molecule has 0 bridgehead atoms. The van der Waals surface area contributed by atoms with Crippen LogP contribution in [0.3, 0.4) is 0 Å². The molecule has 0 aromatic heterocycles. The lowest BCUT2D eigenvalue weighted by Crippen LogP contribution is -2.31. The number of hydrogen-bond donors (Lipinski definition) is 1. The van der Waals surface area contributed by atoms with Crippen LogP contribution in [0.15, 0.2) is 88.9 Å². The summed E-state index contributed by atoms with van der Waals surface area (Å²) >= 11 is 0. The topological polar surface area (TPSA) is 131 Å². The summed E-state index contributed by atoms with van der Waals surface area (Å²) in [6.07, 6.45) is 8.63. The van der Waals surface area contributed by atoms with Gasteiger partial charge >= 0.3 is 0 Å². The number of nitrogens with zero attached hydrogens (tertiary/aromatic N) is 4. The molecular weight excluding hydrogens is 544 g/mol. The molecular formula is C34H34N4O5. The smallest absolute Gasteiger partial charge is 0.277 e. The van der Waals surface area contributed by atoms with Gasteiger partial charge in [-0.3, -0.25) is 30.2 Å². The van der Waals surface area contributed by atoms with Crippen LogP contribution in [0.4, 0.5) is 11.4 Å². The second kappa shape index (κ2) is 11.4. The van der Waals surface area contributed by atoms with Crippen LogP contribution in [0.25, 0.3) is 11.1 Å². The van der Waals surface area contributed by atoms with Crippen molar-refractivity contribution in [3.63, 3.8) is 0 Å². The van der Waals surface area contributed by atoms with Gasteiger partial charge in [0.2, 0.25) is 0 Å². The Morgan fingerprint density at radius 2 is 1.09 bits per heavy atom. The van der Waals surface area contributed by atoms with Crippen molar-refractivity contribution in [1.29, 1.82) is 0 Å². The number of allylic oxidation sites excluding steroid dienone is 2. The van der Waals surface area contributed by atoms with Crippen LogP contribution < -0.4 is 0 Å². The summed E-state index contributed by atoms with van der Waals surface area (Å²) in [4.78, 5) is 32.7. The molecule has 2 heterocycles. The van der Waals surface area contributed by atoms with E-state index in [1.54, 1.807) is 48.8 Å². The number of phenols is 1. The first-order valence-corrected chi connectivity index (χ1v) is 14.5. The van der Waals surface area contributed by atoms with Gasteiger partial charge in [0.05, 0.1) is 21.0 Å². The highest BCUT2D eigenvalue weighted by Gasteiger charge is 2.45. The molecule has 9 heteroatoms. The van der Waals surface area contributed by atoms with Crippen LogP contribution in [-0.4, -0.2) is 27.4 Å². The van der Waals surface area contributed by atoms with Gasteiger partial charge in [-0.25, -0.2) is 0 Å². The average molecular weight is 579 g/mol. The van der Waals surface area contributed by atoms with Gasteiger partial charge in [0, 0.05) is 46.8 Å². The molecule has 0 saturated carbocycles. The molecule has 4 unspecified atom stereocenters. The first-order valence-electron chi connectivity index (χ1n) is 14.5. The summed E-state index contributed by atoms with van der Waals surface area (Å²) in [5.41, 5.74) is 1.34. The summed E-state index contributed by atoms with van der Waals surface area (Å²) in [6, 6.07) is 18.7. The lowest BCUT2D eigenvalue weighted by Gasteiger charge is -2.36. The maximum absolute atomic E-state index is 12.1. The van der Waals surface area contributed by atoms with Gasteiger partial charge in [-0.2, -0.15) is 0 Å². The lowest BCUT2D eigenvalue weighted by atomic mass is 9.72. The van der Waals surface area contributed by atoms with Gasteiger partial charge in [-0.1, -0.05) is 83.0 Å². The van der Waals surface area contributed by atoms with E-state index in [0.717, 1.165) is 12.8 Å². The molecule has 0 saturated heterocycles. The van der Waals surface area contributed by atoms with E-state index >= 15 is 0 Å². The number of nitro groups is 2. The quantitative estimate of drug-likeness (QED) is 0.192. The molecule has 2 aliphatic rings. The zero-order chi connectivity index (χ0) is 30.9. The zero-order valence-electron chi connectivity index (χ0n) is 24.6. The van der Waals surface area contributed by atoms with Crippen molar-refractivity contribution in [3.05, 3.63) is 121 Å². The fraction of sp³-hybridized carbons (Fsp3) is 0.294. The number of phenolic OH excluding ortho intramolecular Hbond substituents is 1. The number of rotatable bonds is 10. The number of nitro benzene ring substituents is 2. The highest BCUT2D eigenvalue weighted by atomic mass is 16.6.